The van der Waals surface area contributed by atoms with Crippen LogP contribution in [-0.4, -0.2) is 59.6 Å². The Hall–Kier alpha value is -0.610. The Morgan fingerprint density at radius 2 is 2.00 bits per heavy atom. The summed E-state index contributed by atoms with van der Waals surface area (Å²) in [7, 11) is 1.82. The van der Waals surface area contributed by atoms with Crippen molar-refractivity contribution >= 4 is 5.91 Å². The summed E-state index contributed by atoms with van der Waals surface area (Å²) < 4.78 is 0. The van der Waals surface area contributed by atoms with Crippen LogP contribution >= 0.6 is 0 Å². The molecule has 4 nitrogen and oxygen atoms in total. The van der Waals surface area contributed by atoms with Crippen LogP contribution in [0.2, 0.25) is 0 Å². The number of hydrogen-bond acceptors (Lipinski definition) is 3. The second kappa shape index (κ2) is 7.25. The summed E-state index contributed by atoms with van der Waals surface area (Å²) >= 11 is 0. The number of rotatable bonds is 5. The number of carbonyl (C=O) groups excluding carboxylic acids is 1. The number of aliphatic hydroxyl groups is 1. The van der Waals surface area contributed by atoms with Gasteiger partial charge in [-0.25, -0.2) is 0 Å². The smallest absolute Gasteiger partial charge is 0.225 e. The number of hydrogen-bond donors (Lipinski definition) is 1. The van der Waals surface area contributed by atoms with E-state index in [-0.39, 0.29) is 17.9 Å². The van der Waals surface area contributed by atoms with Gasteiger partial charge < -0.3 is 14.9 Å². The fourth-order valence-corrected chi connectivity index (χ4v) is 2.65. The molecule has 19 heavy (non-hydrogen) atoms. The maximum Gasteiger partial charge on any atom is 0.225 e. The van der Waals surface area contributed by atoms with Crippen LogP contribution in [0.15, 0.2) is 0 Å². The molecule has 112 valence electrons. The van der Waals surface area contributed by atoms with Crippen molar-refractivity contribution in [2.45, 2.75) is 52.7 Å². The van der Waals surface area contributed by atoms with Gasteiger partial charge in [-0.3, -0.25) is 4.79 Å². The number of aliphatic hydroxyl groups excluding tert-OH is 1. The molecule has 0 aromatic carbocycles. The van der Waals surface area contributed by atoms with Gasteiger partial charge in [0.2, 0.25) is 5.91 Å². The summed E-state index contributed by atoms with van der Waals surface area (Å²) in [5.41, 5.74) is 0. The first kappa shape index (κ1) is 16.4. The Morgan fingerprint density at radius 3 is 2.47 bits per heavy atom. The van der Waals surface area contributed by atoms with Crippen molar-refractivity contribution in [2.24, 2.45) is 11.8 Å². The minimum atomic E-state index is -0.423. The van der Waals surface area contributed by atoms with Crippen molar-refractivity contribution in [2.75, 3.05) is 26.7 Å². The van der Waals surface area contributed by atoms with E-state index in [1.54, 1.807) is 4.90 Å². The van der Waals surface area contributed by atoms with Crippen LogP contribution in [0.1, 0.15) is 40.5 Å². The van der Waals surface area contributed by atoms with Crippen molar-refractivity contribution in [3.05, 3.63) is 0 Å². The van der Waals surface area contributed by atoms with Gasteiger partial charge in [0.1, 0.15) is 0 Å². The predicted molar refractivity (Wildman–Crippen MR) is 77.9 cm³/mol. The van der Waals surface area contributed by atoms with E-state index in [1.807, 2.05) is 20.9 Å². The highest BCUT2D eigenvalue weighted by Gasteiger charge is 2.33. The van der Waals surface area contributed by atoms with Crippen LogP contribution in [0.3, 0.4) is 0 Å². The fraction of sp³-hybridized carbons (Fsp3) is 0.933. The second-order valence-electron chi connectivity index (χ2n) is 6.51. The maximum atomic E-state index is 12.0. The number of amides is 1. The van der Waals surface area contributed by atoms with E-state index >= 15 is 0 Å². The number of piperidine rings is 1. The zero-order valence-corrected chi connectivity index (χ0v) is 13.1. The Morgan fingerprint density at radius 1 is 1.37 bits per heavy atom. The molecule has 1 aliphatic rings. The molecule has 0 radical (unpaired) electrons. The zero-order chi connectivity index (χ0) is 14.6. The van der Waals surface area contributed by atoms with Gasteiger partial charge >= 0.3 is 0 Å². The average molecular weight is 270 g/mol. The molecule has 1 heterocycles. The lowest BCUT2D eigenvalue weighted by atomic mass is 9.98. The topological polar surface area (TPSA) is 43.8 Å². The van der Waals surface area contributed by atoms with E-state index in [1.165, 1.54) is 0 Å². The molecule has 0 aromatic heterocycles. The lowest BCUT2D eigenvalue weighted by Crippen LogP contribution is -2.55. The molecule has 1 amide bonds. The summed E-state index contributed by atoms with van der Waals surface area (Å²) in [6, 6.07) is -0.0230. The molecule has 0 aromatic rings. The second-order valence-corrected chi connectivity index (χ2v) is 6.51. The quantitative estimate of drug-likeness (QED) is 0.825. The number of nitrogens with zero attached hydrogens (tertiary/aromatic N) is 2. The highest BCUT2D eigenvalue weighted by atomic mass is 16.3. The van der Waals surface area contributed by atoms with Gasteiger partial charge in [-0.15, -0.1) is 0 Å². The zero-order valence-electron chi connectivity index (χ0n) is 13.1. The standard InChI is InChI=1S/C15H30N2O2/c1-11(2)6-8-17-9-7-13(14(18)10-17)16(5)15(19)12(3)4/h11-14,18H,6-10H2,1-5H3/t13-,14-/m1/s1. The van der Waals surface area contributed by atoms with Crippen LogP contribution in [0.25, 0.3) is 0 Å². The fourth-order valence-electron chi connectivity index (χ4n) is 2.65. The Bertz CT molecular complexity index is 292. The van der Waals surface area contributed by atoms with Crippen LogP contribution in [0.4, 0.5) is 0 Å². The molecule has 0 bridgehead atoms. The number of β-amino-alcohol motifs (C(OH)–C–C–N with tert-alkyl or cyclic N) is 1. The van der Waals surface area contributed by atoms with E-state index < -0.39 is 6.10 Å². The van der Waals surface area contributed by atoms with Gasteiger partial charge in [0.05, 0.1) is 12.1 Å². The first-order valence-corrected chi connectivity index (χ1v) is 7.50. The summed E-state index contributed by atoms with van der Waals surface area (Å²) in [6.07, 6.45) is 1.61. The predicted octanol–water partition coefficient (Wildman–Crippen LogP) is 1.58. The minimum Gasteiger partial charge on any atom is -0.390 e. The maximum absolute atomic E-state index is 12.0. The molecular weight excluding hydrogens is 240 g/mol. The normalized spacial score (nSPS) is 25.1. The van der Waals surface area contributed by atoms with Crippen LogP contribution in [0.5, 0.6) is 0 Å². The Balaban J connectivity index is 2.47. The van der Waals surface area contributed by atoms with Gasteiger partial charge in [-0.05, 0) is 25.3 Å². The van der Waals surface area contributed by atoms with Crippen LogP contribution in [-0.2, 0) is 4.79 Å². The minimum absolute atomic E-state index is 0.00355. The molecule has 1 rings (SSSR count). The molecule has 0 spiro atoms. The van der Waals surface area contributed by atoms with Gasteiger partial charge in [0.25, 0.3) is 0 Å². The van der Waals surface area contributed by atoms with Gasteiger partial charge in [0.15, 0.2) is 0 Å². The van der Waals surface area contributed by atoms with Crippen molar-refractivity contribution in [3.8, 4) is 0 Å². The summed E-state index contributed by atoms with van der Waals surface area (Å²) in [5.74, 6) is 0.816. The molecule has 4 heteroatoms. The van der Waals surface area contributed by atoms with E-state index in [2.05, 4.69) is 18.7 Å². The summed E-state index contributed by atoms with van der Waals surface area (Å²) in [6.45, 7) is 11.0. The third-order valence-electron chi connectivity index (χ3n) is 3.99. The lowest BCUT2D eigenvalue weighted by Gasteiger charge is -2.41. The first-order valence-electron chi connectivity index (χ1n) is 7.50. The SMILES string of the molecule is CC(C)CCN1CC[C@@H](N(C)C(=O)C(C)C)[C@H](O)C1. The van der Waals surface area contributed by atoms with Crippen molar-refractivity contribution in [1.82, 2.24) is 9.80 Å². The molecule has 1 N–H and O–H groups in total. The first-order chi connectivity index (χ1) is 8.82. The van der Waals surface area contributed by atoms with Crippen molar-refractivity contribution in [1.29, 1.82) is 0 Å². The highest BCUT2D eigenvalue weighted by molar-refractivity contribution is 5.78. The summed E-state index contributed by atoms with van der Waals surface area (Å²) in [4.78, 5) is 16.0. The van der Waals surface area contributed by atoms with E-state index in [4.69, 9.17) is 0 Å². The molecule has 2 atom stereocenters. The van der Waals surface area contributed by atoms with Crippen molar-refractivity contribution < 1.29 is 9.90 Å². The number of likely N-dealkylation sites (N-methyl/N-ethyl adjacent to an activating group) is 1. The van der Waals surface area contributed by atoms with Crippen LogP contribution < -0.4 is 0 Å². The number of carbonyl (C=O) groups is 1. The monoisotopic (exact) mass is 270 g/mol. The molecule has 1 saturated heterocycles. The lowest BCUT2D eigenvalue weighted by molar-refractivity contribution is -0.139. The van der Waals surface area contributed by atoms with Gasteiger partial charge in [0, 0.05) is 26.1 Å². The van der Waals surface area contributed by atoms with Crippen molar-refractivity contribution in [3.63, 3.8) is 0 Å². The van der Waals surface area contributed by atoms with E-state index in [9.17, 15) is 9.90 Å². The molecular formula is C15H30N2O2. The molecule has 0 unspecified atom stereocenters. The summed E-state index contributed by atoms with van der Waals surface area (Å²) in [5, 5.41) is 10.3. The third-order valence-corrected chi connectivity index (χ3v) is 3.99. The molecule has 1 fully saturated rings. The molecule has 0 aliphatic carbocycles. The number of likely N-dealkylation sites (tertiary alicyclic amines) is 1. The van der Waals surface area contributed by atoms with Crippen LogP contribution in [0, 0.1) is 11.8 Å². The van der Waals surface area contributed by atoms with E-state index in [0.717, 1.165) is 25.9 Å². The third kappa shape index (κ3) is 4.77. The average Bonchev–Trinajstić information content (AvgIpc) is 2.34. The Labute approximate surface area is 117 Å². The largest absolute Gasteiger partial charge is 0.390 e. The Kier molecular flexibility index (Phi) is 6.27. The van der Waals surface area contributed by atoms with Gasteiger partial charge in [-0.1, -0.05) is 27.7 Å². The van der Waals surface area contributed by atoms with Gasteiger partial charge in [-0.2, -0.15) is 0 Å². The highest BCUT2D eigenvalue weighted by Crippen LogP contribution is 2.18. The molecule has 0 saturated carbocycles. The molecule has 1 aliphatic heterocycles. The van der Waals surface area contributed by atoms with E-state index in [0.29, 0.717) is 12.5 Å².